The molecule has 25 heavy (non-hydrogen) atoms. The topological polar surface area (TPSA) is 77.5 Å². The Morgan fingerprint density at radius 2 is 2.04 bits per heavy atom. The van der Waals surface area contributed by atoms with Crippen molar-refractivity contribution in [2.24, 2.45) is 10.9 Å². The minimum absolute atomic E-state index is 0.307. The number of hydrogen-bond donors (Lipinski definition) is 1. The largest absolute Gasteiger partial charge is 0.366 e. The SMILES string of the molecule is NC(=O)c1ccc(-n2c3c(c4ccccc42)C(N=O)CCC3)c(Br)c1. The van der Waals surface area contributed by atoms with Crippen LogP contribution in [0.1, 0.15) is 40.5 Å². The summed E-state index contributed by atoms with van der Waals surface area (Å²) in [6.07, 6.45) is 2.60. The number of halogens is 1. The van der Waals surface area contributed by atoms with E-state index in [4.69, 9.17) is 5.73 Å². The van der Waals surface area contributed by atoms with Crippen molar-refractivity contribution in [3.63, 3.8) is 0 Å². The summed E-state index contributed by atoms with van der Waals surface area (Å²) < 4.78 is 2.95. The van der Waals surface area contributed by atoms with Crippen LogP contribution in [-0.2, 0) is 6.42 Å². The molecule has 3 aromatic rings. The molecule has 1 heterocycles. The fraction of sp³-hybridized carbons (Fsp3) is 0.211. The van der Waals surface area contributed by atoms with Gasteiger partial charge in [-0.1, -0.05) is 23.4 Å². The average molecular weight is 398 g/mol. The molecule has 1 unspecified atom stereocenters. The van der Waals surface area contributed by atoms with Gasteiger partial charge in [0.15, 0.2) is 0 Å². The molecule has 5 nitrogen and oxygen atoms in total. The quantitative estimate of drug-likeness (QED) is 0.653. The summed E-state index contributed by atoms with van der Waals surface area (Å²) in [5, 5.41) is 4.43. The molecule has 0 saturated carbocycles. The third-order valence-electron chi connectivity index (χ3n) is 4.84. The highest BCUT2D eigenvalue weighted by atomic mass is 79.9. The molecule has 126 valence electrons. The lowest BCUT2D eigenvalue weighted by Crippen LogP contribution is -2.12. The van der Waals surface area contributed by atoms with Crippen molar-refractivity contribution in [1.82, 2.24) is 4.57 Å². The number of para-hydroxylation sites is 1. The minimum atomic E-state index is -0.461. The molecule has 0 radical (unpaired) electrons. The van der Waals surface area contributed by atoms with Crippen molar-refractivity contribution in [1.29, 1.82) is 0 Å². The van der Waals surface area contributed by atoms with Gasteiger partial charge in [0.25, 0.3) is 0 Å². The summed E-state index contributed by atoms with van der Waals surface area (Å²) in [4.78, 5) is 22.8. The number of primary amides is 1. The second-order valence-corrected chi connectivity index (χ2v) is 7.11. The number of nitroso groups, excluding NO2 is 1. The zero-order chi connectivity index (χ0) is 17.6. The summed E-state index contributed by atoms with van der Waals surface area (Å²) in [5.74, 6) is -0.461. The molecule has 1 amide bonds. The molecule has 0 fully saturated rings. The number of aromatic nitrogens is 1. The van der Waals surface area contributed by atoms with Crippen LogP contribution in [0.25, 0.3) is 16.6 Å². The van der Waals surface area contributed by atoms with E-state index in [2.05, 4.69) is 25.7 Å². The van der Waals surface area contributed by atoms with Gasteiger partial charge in [-0.15, -0.1) is 0 Å². The van der Waals surface area contributed by atoms with E-state index < -0.39 is 5.91 Å². The number of amides is 1. The molecule has 4 rings (SSSR count). The molecule has 6 heteroatoms. The smallest absolute Gasteiger partial charge is 0.248 e. The normalized spacial score (nSPS) is 16.6. The van der Waals surface area contributed by atoms with Gasteiger partial charge >= 0.3 is 0 Å². The Labute approximate surface area is 152 Å². The second kappa shape index (κ2) is 6.11. The summed E-state index contributed by atoms with van der Waals surface area (Å²) in [7, 11) is 0. The number of carbonyl (C=O) groups is 1. The molecule has 0 saturated heterocycles. The molecule has 1 aliphatic rings. The van der Waals surface area contributed by atoms with Crippen LogP contribution < -0.4 is 5.73 Å². The van der Waals surface area contributed by atoms with Crippen molar-refractivity contribution in [3.8, 4) is 5.69 Å². The van der Waals surface area contributed by atoms with Crippen molar-refractivity contribution < 1.29 is 4.79 Å². The van der Waals surface area contributed by atoms with Gasteiger partial charge in [0, 0.05) is 26.7 Å². The lowest BCUT2D eigenvalue weighted by Gasteiger charge is -2.20. The van der Waals surface area contributed by atoms with Crippen LogP contribution in [-0.4, -0.2) is 10.5 Å². The Kier molecular flexibility index (Phi) is 3.92. The summed E-state index contributed by atoms with van der Waals surface area (Å²) in [6.45, 7) is 0. The van der Waals surface area contributed by atoms with E-state index in [1.54, 1.807) is 12.1 Å². The van der Waals surface area contributed by atoms with Crippen molar-refractivity contribution in [2.75, 3.05) is 0 Å². The van der Waals surface area contributed by atoms with Crippen LogP contribution in [0.5, 0.6) is 0 Å². The van der Waals surface area contributed by atoms with E-state index in [-0.39, 0.29) is 6.04 Å². The van der Waals surface area contributed by atoms with E-state index in [0.717, 1.165) is 51.6 Å². The molecule has 1 aromatic heterocycles. The maximum atomic E-state index is 11.4. The van der Waals surface area contributed by atoms with Gasteiger partial charge in [0.05, 0.1) is 11.2 Å². The monoisotopic (exact) mass is 397 g/mol. The molecule has 2 N–H and O–H groups in total. The van der Waals surface area contributed by atoms with Crippen molar-refractivity contribution in [2.45, 2.75) is 25.3 Å². The van der Waals surface area contributed by atoms with Crippen LogP contribution in [0, 0.1) is 4.91 Å². The number of nitrogens with two attached hydrogens (primary N) is 1. The number of carbonyl (C=O) groups excluding carboxylic acids is 1. The fourth-order valence-electron chi connectivity index (χ4n) is 3.77. The summed E-state index contributed by atoms with van der Waals surface area (Å²) in [5.41, 5.74) is 9.94. The van der Waals surface area contributed by atoms with E-state index in [0.29, 0.717) is 5.56 Å². The molecule has 2 aromatic carbocycles. The van der Waals surface area contributed by atoms with E-state index >= 15 is 0 Å². The van der Waals surface area contributed by atoms with E-state index in [9.17, 15) is 9.70 Å². The van der Waals surface area contributed by atoms with Gasteiger partial charge in [-0.05, 0) is 59.5 Å². The zero-order valence-electron chi connectivity index (χ0n) is 13.4. The summed E-state index contributed by atoms with van der Waals surface area (Å²) >= 11 is 3.57. The predicted molar refractivity (Wildman–Crippen MR) is 101 cm³/mol. The highest BCUT2D eigenvalue weighted by molar-refractivity contribution is 9.10. The first-order valence-corrected chi connectivity index (χ1v) is 8.95. The van der Waals surface area contributed by atoms with Gasteiger partial charge in [-0.3, -0.25) is 4.79 Å². The molecular weight excluding hydrogens is 382 g/mol. The number of fused-ring (bicyclic) bond motifs is 3. The van der Waals surface area contributed by atoms with Gasteiger partial charge in [-0.2, -0.15) is 4.91 Å². The number of nitrogens with zero attached hydrogens (tertiary/aromatic N) is 2. The van der Waals surface area contributed by atoms with E-state index in [1.165, 1.54) is 0 Å². The Balaban J connectivity index is 2.03. The average Bonchev–Trinajstić information content (AvgIpc) is 2.96. The third kappa shape index (κ3) is 2.48. The van der Waals surface area contributed by atoms with Gasteiger partial charge < -0.3 is 10.3 Å². The molecule has 1 aliphatic carbocycles. The van der Waals surface area contributed by atoms with E-state index in [1.807, 2.05) is 30.3 Å². The van der Waals surface area contributed by atoms with Crippen LogP contribution in [0.4, 0.5) is 0 Å². The standard InChI is InChI=1S/C19H16BrN3O2/c20-13-10-11(19(21)24)8-9-16(13)23-15-6-2-1-4-12(15)18-14(22-25)5-3-7-17(18)23/h1-2,4,6,8-10,14H,3,5,7H2,(H2,21,24). The number of hydrogen-bond acceptors (Lipinski definition) is 3. The highest BCUT2D eigenvalue weighted by Gasteiger charge is 2.29. The van der Waals surface area contributed by atoms with Crippen LogP contribution in [0.15, 0.2) is 52.1 Å². The molecular formula is C19H16BrN3O2. The molecule has 1 atom stereocenters. The van der Waals surface area contributed by atoms with Gasteiger partial charge in [0.1, 0.15) is 6.04 Å². The van der Waals surface area contributed by atoms with Crippen molar-refractivity contribution in [3.05, 3.63) is 68.7 Å². The van der Waals surface area contributed by atoms with Crippen LogP contribution in [0.3, 0.4) is 0 Å². The Morgan fingerprint density at radius 3 is 2.76 bits per heavy atom. The first-order chi connectivity index (χ1) is 12.1. The lowest BCUT2D eigenvalue weighted by molar-refractivity contribution is 0.1000. The maximum Gasteiger partial charge on any atom is 0.248 e. The highest BCUT2D eigenvalue weighted by Crippen LogP contribution is 2.42. The first-order valence-electron chi connectivity index (χ1n) is 8.16. The molecule has 0 bridgehead atoms. The Bertz CT molecular complexity index is 1010. The predicted octanol–water partition coefficient (Wildman–Crippen LogP) is 4.64. The van der Waals surface area contributed by atoms with Crippen LogP contribution >= 0.6 is 15.9 Å². The Morgan fingerprint density at radius 1 is 1.24 bits per heavy atom. The van der Waals surface area contributed by atoms with Crippen molar-refractivity contribution >= 4 is 32.7 Å². The fourth-order valence-corrected chi connectivity index (χ4v) is 4.32. The molecule has 0 spiro atoms. The Hall–Kier alpha value is -2.47. The van der Waals surface area contributed by atoms with Gasteiger partial charge in [0.2, 0.25) is 5.91 Å². The summed E-state index contributed by atoms with van der Waals surface area (Å²) in [6, 6.07) is 13.1. The third-order valence-corrected chi connectivity index (χ3v) is 5.48. The first kappa shape index (κ1) is 16.0. The lowest BCUT2D eigenvalue weighted by atomic mass is 9.91. The number of benzene rings is 2. The molecule has 0 aliphatic heterocycles. The minimum Gasteiger partial charge on any atom is -0.366 e. The van der Waals surface area contributed by atoms with Gasteiger partial charge in [-0.25, -0.2) is 0 Å². The second-order valence-electron chi connectivity index (χ2n) is 6.26. The van der Waals surface area contributed by atoms with Crippen LogP contribution in [0.2, 0.25) is 0 Å². The number of rotatable bonds is 3. The maximum absolute atomic E-state index is 11.4. The zero-order valence-corrected chi connectivity index (χ0v) is 15.0.